The molecule has 0 spiro atoms. The number of nitrogen functional groups attached to an aromatic ring is 1. The molecule has 7 nitrogen and oxygen atoms in total. The van der Waals surface area contributed by atoms with Crippen molar-refractivity contribution in [2.24, 2.45) is 0 Å². The van der Waals surface area contributed by atoms with Crippen LogP contribution in [0.2, 0.25) is 0 Å². The largest absolute Gasteiger partial charge is 0.473 e. The van der Waals surface area contributed by atoms with Gasteiger partial charge in [-0.1, -0.05) is 12.1 Å². The van der Waals surface area contributed by atoms with Gasteiger partial charge in [0.05, 0.1) is 6.10 Å². The average Bonchev–Trinajstić information content (AvgIpc) is 2.83. The Kier molecular flexibility index (Phi) is 4.11. The van der Waals surface area contributed by atoms with Crippen LogP contribution >= 0.6 is 0 Å². The first-order valence-corrected chi connectivity index (χ1v) is 9.02. The third kappa shape index (κ3) is 2.91. The Bertz CT molecular complexity index is 1060. The molecule has 0 aliphatic carbocycles. The smallest absolute Gasteiger partial charge is 0.242 e. The number of benzene rings is 1. The minimum atomic E-state index is -4.22. The van der Waals surface area contributed by atoms with Crippen LogP contribution in [0.4, 0.5) is 10.2 Å². The lowest BCUT2D eigenvalue weighted by Crippen LogP contribution is -2.09. The van der Waals surface area contributed by atoms with E-state index >= 15 is 0 Å². The number of nitrogens with one attached hydrogen (secondary N) is 1. The maximum Gasteiger partial charge on any atom is 0.242 e. The molecule has 25 heavy (non-hydrogen) atoms. The second-order valence-corrected chi connectivity index (χ2v) is 7.62. The molecule has 2 aromatic heterocycles. The van der Waals surface area contributed by atoms with Crippen molar-refractivity contribution in [1.82, 2.24) is 15.0 Å². The molecule has 0 aliphatic heterocycles. The van der Waals surface area contributed by atoms with E-state index in [1.54, 1.807) is 6.92 Å². The molecule has 132 valence electrons. The summed E-state index contributed by atoms with van der Waals surface area (Å²) in [4.78, 5) is 10.4. The highest BCUT2D eigenvalue weighted by molar-refractivity contribution is 7.92. The van der Waals surface area contributed by atoms with E-state index in [1.807, 2.05) is 13.8 Å². The van der Waals surface area contributed by atoms with Crippen molar-refractivity contribution in [2.75, 3.05) is 5.73 Å². The van der Waals surface area contributed by atoms with Crippen LogP contribution in [-0.2, 0) is 9.84 Å². The quantitative estimate of drug-likeness (QED) is 0.736. The zero-order valence-corrected chi connectivity index (χ0v) is 14.7. The summed E-state index contributed by atoms with van der Waals surface area (Å²) in [6.07, 6.45) is -0.186. The minimum absolute atomic E-state index is 0.0731. The van der Waals surface area contributed by atoms with E-state index in [0.29, 0.717) is 5.82 Å². The van der Waals surface area contributed by atoms with Crippen molar-refractivity contribution in [3.05, 3.63) is 35.9 Å². The molecule has 0 aliphatic rings. The third-order valence-corrected chi connectivity index (χ3v) is 5.31. The van der Waals surface area contributed by atoms with E-state index in [-0.39, 0.29) is 33.7 Å². The number of sulfone groups is 1. The Morgan fingerprint density at radius 1 is 1.24 bits per heavy atom. The lowest BCUT2D eigenvalue weighted by Gasteiger charge is -2.10. The summed E-state index contributed by atoms with van der Waals surface area (Å²) in [6, 6.07) is 5.11. The number of fused-ring (bicyclic) bond motifs is 1. The van der Waals surface area contributed by atoms with Crippen LogP contribution in [0.25, 0.3) is 11.0 Å². The van der Waals surface area contributed by atoms with E-state index < -0.39 is 20.5 Å². The number of aromatic amines is 1. The van der Waals surface area contributed by atoms with Crippen molar-refractivity contribution in [3.63, 3.8) is 0 Å². The van der Waals surface area contributed by atoms with Gasteiger partial charge in [0, 0.05) is 0 Å². The maximum atomic E-state index is 14.1. The van der Waals surface area contributed by atoms with E-state index in [4.69, 9.17) is 10.5 Å². The van der Waals surface area contributed by atoms with Crippen LogP contribution < -0.4 is 10.5 Å². The van der Waals surface area contributed by atoms with Gasteiger partial charge in [-0.2, -0.15) is 4.98 Å². The molecule has 0 bridgehead atoms. The Morgan fingerprint density at radius 2 is 1.92 bits per heavy atom. The highest BCUT2D eigenvalue weighted by Gasteiger charge is 2.30. The van der Waals surface area contributed by atoms with Crippen LogP contribution in [0.3, 0.4) is 0 Å². The van der Waals surface area contributed by atoms with Crippen molar-refractivity contribution in [3.8, 4) is 5.88 Å². The van der Waals surface area contributed by atoms with Crippen LogP contribution in [0.5, 0.6) is 5.88 Å². The molecule has 0 unspecified atom stereocenters. The first kappa shape index (κ1) is 17.2. The number of nitrogens with zero attached hydrogens (tertiary/aromatic N) is 2. The van der Waals surface area contributed by atoms with Gasteiger partial charge in [-0.3, -0.25) is 0 Å². The molecule has 0 saturated heterocycles. The first-order valence-electron chi connectivity index (χ1n) is 7.54. The number of nitrogens with two attached hydrogens (primary N) is 1. The van der Waals surface area contributed by atoms with E-state index in [2.05, 4.69) is 15.0 Å². The number of H-pyrrole nitrogens is 1. The number of anilines is 1. The van der Waals surface area contributed by atoms with Crippen LogP contribution in [0, 0.1) is 12.7 Å². The van der Waals surface area contributed by atoms with Gasteiger partial charge < -0.3 is 15.5 Å². The van der Waals surface area contributed by atoms with E-state index in [1.165, 1.54) is 18.2 Å². The fraction of sp³-hybridized carbons (Fsp3) is 0.250. The normalized spacial score (nSPS) is 12.0. The van der Waals surface area contributed by atoms with Crippen LogP contribution in [0.15, 0.2) is 34.1 Å². The van der Waals surface area contributed by atoms with Gasteiger partial charge in [0.2, 0.25) is 15.7 Å². The highest BCUT2D eigenvalue weighted by atomic mass is 32.2. The van der Waals surface area contributed by atoms with Crippen LogP contribution in [-0.4, -0.2) is 29.5 Å². The molecule has 2 heterocycles. The number of rotatable bonds is 4. The molecule has 9 heteroatoms. The summed E-state index contributed by atoms with van der Waals surface area (Å²) in [5, 5.41) is 0. The van der Waals surface area contributed by atoms with Gasteiger partial charge in [-0.25, -0.2) is 17.8 Å². The first-order chi connectivity index (χ1) is 11.7. The van der Waals surface area contributed by atoms with Gasteiger partial charge >= 0.3 is 0 Å². The number of halogens is 1. The lowest BCUT2D eigenvalue weighted by atomic mass is 10.3. The Hall–Kier alpha value is -2.68. The molecule has 0 radical (unpaired) electrons. The fourth-order valence-electron chi connectivity index (χ4n) is 2.50. The third-order valence-electron chi connectivity index (χ3n) is 3.45. The lowest BCUT2D eigenvalue weighted by molar-refractivity contribution is 0.235. The predicted octanol–water partition coefficient (Wildman–Crippen LogP) is 2.61. The van der Waals surface area contributed by atoms with Gasteiger partial charge in [-0.05, 0) is 32.9 Å². The van der Waals surface area contributed by atoms with Gasteiger partial charge in [-0.15, -0.1) is 0 Å². The van der Waals surface area contributed by atoms with Crippen molar-refractivity contribution < 1.29 is 17.5 Å². The zero-order valence-electron chi connectivity index (χ0n) is 13.9. The second kappa shape index (κ2) is 5.99. The molecule has 0 amide bonds. The summed E-state index contributed by atoms with van der Waals surface area (Å²) < 4.78 is 45.6. The number of hydrogen-bond acceptors (Lipinski definition) is 6. The molecular weight excluding hydrogens is 347 g/mol. The fourth-order valence-corrected chi connectivity index (χ4v) is 4.04. The summed E-state index contributed by atoms with van der Waals surface area (Å²) in [6.45, 7) is 5.23. The number of aromatic nitrogens is 3. The average molecular weight is 364 g/mol. The Labute approximate surface area is 144 Å². The van der Waals surface area contributed by atoms with Crippen molar-refractivity contribution in [1.29, 1.82) is 0 Å². The minimum Gasteiger partial charge on any atom is -0.473 e. The summed E-state index contributed by atoms with van der Waals surface area (Å²) >= 11 is 0. The van der Waals surface area contributed by atoms with Gasteiger partial charge in [0.1, 0.15) is 38.3 Å². The zero-order chi connectivity index (χ0) is 18.4. The highest BCUT2D eigenvalue weighted by Crippen LogP contribution is 2.36. The summed E-state index contributed by atoms with van der Waals surface area (Å²) in [5.41, 5.74) is 6.23. The molecule has 0 fully saturated rings. The Morgan fingerprint density at radius 3 is 2.56 bits per heavy atom. The molecule has 3 aromatic rings. The topological polar surface area (TPSA) is 111 Å². The summed E-state index contributed by atoms with van der Waals surface area (Å²) in [7, 11) is -4.22. The predicted molar refractivity (Wildman–Crippen MR) is 90.7 cm³/mol. The van der Waals surface area contributed by atoms with Gasteiger partial charge in [0.15, 0.2) is 0 Å². The van der Waals surface area contributed by atoms with E-state index in [0.717, 1.165) is 6.07 Å². The maximum absolute atomic E-state index is 14.1. The molecule has 3 N–H and O–H groups in total. The Balaban J connectivity index is 2.33. The standard InChI is InChI=1S/C16H17FN4O3S/c1-8(2)24-16-13-12(19-9(3)20-16)14(15(18)21-13)25(22,23)11-7-5-4-6-10(11)17/h4-8,21H,18H2,1-3H3. The monoisotopic (exact) mass is 364 g/mol. The molecule has 0 saturated carbocycles. The van der Waals surface area contributed by atoms with Crippen LogP contribution in [0.1, 0.15) is 19.7 Å². The van der Waals surface area contributed by atoms with Crippen molar-refractivity contribution >= 4 is 26.7 Å². The number of hydrogen-bond donors (Lipinski definition) is 2. The molecular formula is C16H17FN4O3S. The SMILES string of the molecule is Cc1nc(OC(C)C)c2[nH]c(N)c(S(=O)(=O)c3ccccc3F)c2n1. The van der Waals surface area contributed by atoms with Gasteiger partial charge in [0.25, 0.3) is 0 Å². The van der Waals surface area contributed by atoms with Crippen molar-refractivity contribution in [2.45, 2.75) is 36.7 Å². The summed E-state index contributed by atoms with van der Waals surface area (Å²) in [5.74, 6) is -0.501. The second-order valence-electron chi connectivity index (χ2n) is 5.77. The number of aryl methyl sites for hydroxylation is 1. The van der Waals surface area contributed by atoms with E-state index in [9.17, 15) is 12.8 Å². The molecule has 1 aromatic carbocycles. The number of ether oxygens (including phenoxy) is 1. The molecule has 3 rings (SSSR count). The molecule has 0 atom stereocenters.